The van der Waals surface area contributed by atoms with Crippen LogP contribution in [0.25, 0.3) is 0 Å². The summed E-state index contributed by atoms with van der Waals surface area (Å²) in [7, 11) is 0. The average molecular weight is 372 g/mol. The number of benzene rings is 2. The van der Waals surface area contributed by atoms with Gasteiger partial charge in [-0.05, 0) is 11.1 Å². The summed E-state index contributed by atoms with van der Waals surface area (Å²) in [6.07, 6.45) is -0.0970. The molecule has 1 N–H and O–H groups in total. The second-order valence-corrected chi connectivity index (χ2v) is 7.64. The van der Waals surface area contributed by atoms with E-state index in [1.54, 1.807) is 11.8 Å². The Bertz CT molecular complexity index is 664. The van der Waals surface area contributed by atoms with Crippen LogP contribution < -0.4 is 0 Å². The molecule has 0 radical (unpaired) electrons. The van der Waals surface area contributed by atoms with Crippen molar-refractivity contribution in [3.8, 4) is 0 Å². The van der Waals surface area contributed by atoms with Crippen LogP contribution in [0.4, 0.5) is 0 Å². The first-order chi connectivity index (χ1) is 12.8. The highest BCUT2D eigenvalue weighted by atomic mass is 32.2. The van der Waals surface area contributed by atoms with Gasteiger partial charge in [0.15, 0.2) is 0 Å². The van der Waals surface area contributed by atoms with Crippen molar-refractivity contribution in [1.82, 2.24) is 0 Å². The topological polar surface area (TPSA) is 55.8 Å². The molecular weight excluding hydrogens is 348 g/mol. The van der Waals surface area contributed by atoms with Crippen LogP contribution in [0.15, 0.2) is 60.7 Å². The fourth-order valence-electron chi connectivity index (χ4n) is 3.08. The molecule has 0 saturated carbocycles. The largest absolute Gasteiger partial charge is 0.389 e. The van der Waals surface area contributed by atoms with Gasteiger partial charge in [0.1, 0.15) is 12.4 Å². The Balaban J connectivity index is 1.69. The van der Waals surface area contributed by atoms with Gasteiger partial charge in [-0.2, -0.15) is 11.8 Å². The Morgan fingerprint density at radius 2 is 1.46 bits per heavy atom. The number of carbonyl (C=O) groups excluding carboxylic acids is 1. The lowest BCUT2D eigenvalue weighted by molar-refractivity contribution is -0.132. The van der Waals surface area contributed by atoms with E-state index in [0.29, 0.717) is 25.4 Å². The van der Waals surface area contributed by atoms with Crippen LogP contribution >= 0.6 is 11.8 Å². The van der Waals surface area contributed by atoms with Crippen LogP contribution in [0.2, 0.25) is 0 Å². The van der Waals surface area contributed by atoms with Crippen molar-refractivity contribution in [1.29, 1.82) is 0 Å². The van der Waals surface area contributed by atoms with Crippen LogP contribution in [-0.2, 0) is 27.5 Å². The first-order valence-electron chi connectivity index (χ1n) is 8.82. The third-order valence-electron chi connectivity index (χ3n) is 4.45. The first kappa shape index (κ1) is 19.1. The molecule has 0 aromatic heterocycles. The highest BCUT2D eigenvalue weighted by molar-refractivity contribution is 8.00. The Morgan fingerprint density at radius 3 is 2.00 bits per heavy atom. The first-order valence-corrected chi connectivity index (χ1v) is 9.87. The maximum absolute atomic E-state index is 11.1. The number of thioether (sulfide) groups is 1. The highest BCUT2D eigenvalue weighted by Gasteiger charge is 2.40. The summed E-state index contributed by atoms with van der Waals surface area (Å²) in [5.41, 5.74) is 2.11. The summed E-state index contributed by atoms with van der Waals surface area (Å²) in [5, 5.41) is 10.5. The fraction of sp³-hybridized carbons (Fsp3) is 0.381. The molecule has 5 heteroatoms. The quantitative estimate of drug-likeness (QED) is 0.721. The van der Waals surface area contributed by atoms with Crippen LogP contribution in [0.1, 0.15) is 17.5 Å². The minimum Gasteiger partial charge on any atom is -0.389 e. The maximum atomic E-state index is 11.1. The van der Waals surface area contributed by atoms with Crippen molar-refractivity contribution in [2.75, 3.05) is 5.75 Å². The summed E-state index contributed by atoms with van der Waals surface area (Å²) in [5.74, 6) is 0.545. The molecule has 1 fully saturated rings. The number of aliphatic hydroxyl groups excluding tert-OH is 1. The minimum absolute atomic E-state index is 0.0135. The standard InChI is InChI=1S/C21H24O4S/c22-12-11-19-21(25-14-17-9-5-2-6-10-17)20(18(23)15-26-19)24-13-16-7-3-1-4-8-16/h1-10,12,18-21,23H,11,13-15H2/t18-,19-,20-,21-/m0/s1. The zero-order valence-electron chi connectivity index (χ0n) is 14.6. The molecule has 3 rings (SSSR count). The molecule has 0 unspecified atom stereocenters. The van der Waals surface area contributed by atoms with Gasteiger partial charge in [-0.1, -0.05) is 60.7 Å². The van der Waals surface area contributed by atoms with Crippen molar-refractivity contribution in [2.24, 2.45) is 0 Å². The maximum Gasteiger partial charge on any atom is 0.121 e. The molecule has 0 amide bonds. The van der Waals surface area contributed by atoms with E-state index in [9.17, 15) is 9.90 Å². The summed E-state index contributed by atoms with van der Waals surface area (Å²) < 4.78 is 12.2. The molecule has 138 valence electrons. The third-order valence-corrected chi connectivity index (χ3v) is 5.87. The van der Waals surface area contributed by atoms with Gasteiger partial charge in [-0.3, -0.25) is 0 Å². The predicted octanol–water partition coefficient (Wildman–Crippen LogP) is 3.22. The number of aliphatic hydroxyl groups is 1. The van der Waals surface area contributed by atoms with E-state index in [0.717, 1.165) is 17.4 Å². The van der Waals surface area contributed by atoms with Crippen LogP contribution in [0, 0.1) is 0 Å². The highest BCUT2D eigenvalue weighted by Crippen LogP contribution is 2.33. The van der Waals surface area contributed by atoms with Gasteiger partial charge in [-0.15, -0.1) is 0 Å². The molecule has 4 atom stereocenters. The SMILES string of the molecule is O=CC[C@@H]1SC[C@H](O)[C@H](OCc2ccccc2)[C@H]1OCc1ccccc1. The summed E-state index contributed by atoms with van der Waals surface area (Å²) in [6.45, 7) is 0.839. The Labute approximate surface area is 158 Å². The molecule has 26 heavy (non-hydrogen) atoms. The van der Waals surface area contributed by atoms with Crippen LogP contribution in [0.3, 0.4) is 0 Å². The molecule has 1 aliphatic rings. The second kappa shape index (κ2) is 9.88. The molecule has 0 bridgehead atoms. The van der Waals surface area contributed by atoms with E-state index >= 15 is 0 Å². The van der Waals surface area contributed by atoms with Gasteiger partial charge in [0.2, 0.25) is 0 Å². The zero-order chi connectivity index (χ0) is 18.2. The molecule has 4 nitrogen and oxygen atoms in total. The van der Waals surface area contributed by atoms with Gasteiger partial charge in [0.05, 0.1) is 25.4 Å². The molecule has 1 saturated heterocycles. The van der Waals surface area contributed by atoms with Crippen LogP contribution in [0.5, 0.6) is 0 Å². The fourth-order valence-corrected chi connectivity index (χ4v) is 4.35. The van der Waals surface area contributed by atoms with Crippen LogP contribution in [-0.4, -0.2) is 40.7 Å². The number of rotatable bonds is 8. The van der Waals surface area contributed by atoms with Gasteiger partial charge in [0.25, 0.3) is 0 Å². The third kappa shape index (κ3) is 5.17. The lowest BCUT2D eigenvalue weighted by Gasteiger charge is -2.39. The van der Waals surface area contributed by atoms with E-state index in [-0.39, 0.29) is 11.4 Å². The molecular formula is C21H24O4S. The van der Waals surface area contributed by atoms with Gasteiger partial charge in [-0.25, -0.2) is 0 Å². The smallest absolute Gasteiger partial charge is 0.121 e. The number of aldehydes is 1. The summed E-state index contributed by atoms with van der Waals surface area (Å²) >= 11 is 1.58. The van der Waals surface area contributed by atoms with Crippen molar-refractivity contribution in [3.05, 3.63) is 71.8 Å². The van der Waals surface area contributed by atoms with Gasteiger partial charge < -0.3 is 19.4 Å². The predicted molar refractivity (Wildman–Crippen MR) is 103 cm³/mol. The zero-order valence-corrected chi connectivity index (χ0v) is 15.4. The molecule has 0 aliphatic carbocycles. The Kier molecular flexibility index (Phi) is 7.26. The van der Waals surface area contributed by atoms with Crippen molar-refractivity contribution < 1.29 is 19.4 Å². The van der Waals surface area contributed by atoms with Crippen molar-refractivity contribution in [2.45, 2.75) is 43.2 Å². The van der Waals surface area contributed by atoms with E-state index in [1.165, 1.54) is 0 Å². The molecule has 0 spiro atoms. The average Bonchev–Trinajstić information content (AvgIpc) is 2.69. The normalized spacial score (nSPS) is 25.7. The van der Waals surface area contributed by atoms with E-state index < -0.39 is 12.2 Å². The number of carbonyl (C=O) groups is 1. The Morgan fingerprint density at radius 1 is 0.923 bits per heavy atom. The number of hydrogen-bond acceptors (Lipinski definition) is 5. The number of hydrogen-bond donors (Lipinski definition) is 1. The van der Waals surface area contributed by atoms with E-state index in [1.807, 2.05) is 60.7 Å². The monoisotopic (exact) mass is 372 g/mol. The van der Waals surface area contributed by atoms with Crippen molar-refractivity contribution in [3.63, 3.8) is 0 Å². The van der Waals surface area contributed by atoms with Gasteiger partial charge in [0, 0.05) is 17.4 Å². The lowest BCUT2D eigenvalue weighted by atomic mass is 10.0. The van der Waals surface area contributed by atoms with Crippen molar-refractivity contribution >= 4 is 18.0 Å². The number of ether oxygens (including phenoxy) is 2. The molecule has 1 aliphatic heterocycles. The van der Waals surface area contributed by atoms with E-state index in [2.05, 4.69) is 0 Å². The molecule has 1 heterocycles. The molecule has 2 aromatic carbocycles. The molecule has 2 aromatic rings. The minimum atomic E-state index is -0.618. The Hall–Kier alpha value is -1.66. The van der Waals surface area contributed by atoms with E-state index in [4.69, 9.17) is 9.47 Å². The van der Waals surface area contributed by atoms with Gasteiger partial charge >= 0.3 is 0 Å². The second-order valence-electron chi connectivity index (χ2n) is 6.36. The summed E-state index contributed by atoms with van der Waals surface area (Å²) in [6, 6.07) is 19.8. The summed E-state index contributed by atoms with van der Waals surface area (Å²) in [4.78, 5) is 11.1. The lowest BCUT2D eigenvalue weighted by Crippen LogP contribution is -2.51.